The standard InChI is InChI=1S/C19H33N3O4/c1-2-3-4-11-14-19(26-18(25)21-22-20)15-12-9-7-5-6-8-10-13-16(19)17(23)24/h16H,2-15H2,1H3,(H,23,24). The predicted molar refractivity (Wildman–Crippen MR) is 99.8 cm³/mol. The average Bonchev–Trinajstić information content (AvgIpc) is 2.63. The van der Waals surface area contributed by atoms with Gasteiger partial charge in [-0.2, -0.15) is 0 Å². The Bertz CT molecular complexity index is 491. The second-order valence-corrected chi connectivity index (χ2v) is 7.34. The molecule has 0 saturated heterocycles. The van der Waals surface area contributed by atoms with Gasteiger partial charge < -0.3 is 9.84 Å². The molecule has 26 heavy (non-hydrogen) atoms. The number of aliphatic carboxylic acids is 1. The summed E-state index contributed by atoms with van der Waals surface area (Å²) in [5, 5.41) is 12.9. The Labute approximate surface area is 156 Å². The van der Waals surface area contributed by atoms with Crippen LogP contribution < -0.4 is 0 Å². The lowest BCUT2D eigenvalue weighted by Gasteiger charge is -2.38. The summed E-state index contributed by atoms with van der Waals surface area (Å²) in [5.74, 6) is -1.67. The zero-order valence-electron chi connectivity index (χ0n) is 16.0. The van der Waals surface area contributed by atoms with Crippen LogP contribution in [0.4, 0.5) is 4.79 Å². The maximum Gasteiger partial charge on any atom is 0.397 e. The third kappa shape index (κ3) is 7.65. The Hall–Kier alpha value is -1.75. The molecule has 148 valence electrons. The summed E-state index contributed by atoms with van der Waals surface area (Å²) in [6.45, 7) is 2.12. The Kier molecular flexibility index (Phi) is 10.8. The first-order valence-corrected chi connectivity index (χ1v) is 10.1. The normalized spacial score (nSPS) is 24.7. The molecule has 0 spiro atoms. The summed E-state index contributed by atoms with van der Waals surface area (Å²) in [4.78, 5) is 26.5. The first-order chi connectivity index (χ1) is 12.6. The van der Waals surface area contributed by atoms with Gasteiger partial charge in [0.25, 0.3) is 0 Å². The molecule has 1 amide bonds. The van der Waals surface area contributed by atoms with Crippen molar-refractivity contribution in [3.8, 4) is 0 Å². The molecule has 0 bridgehead atoms. The van der Waals surface area contributed by atoms with E-state index in [9.17, 15) is 14.7 Å². The van der Waals surface area contributed by atoms with Crippen LogP contribution in [0.2, 0.25) is 0 Å². The van der Waals surface area contributed by atoms with Gasteiger partial charge >= 0.3 is 12.1 Å². The number of azide groups is 1. The van der Waals surface area contributed by atoms with Crippen LogP contribution in [0.15, 0.2) is 5.11 Å². The number of hydrogen-bond acceptors (Lipinski definition) is 3. The third-order valence-corrected chi connectivity index (χ3v) is 5.40. The molecule has 1 fully saturated rings. The molecule has 0 heterocycles. The lowest BCUT2D eigenvalue weighted by Crippen LogP contribution is -2.46. The van der Waals surface area contributed by atoms with Gasteiger partial charge in [-0.25, -0.2) is 4.79 Å². The third-order valence-electron chi connectivity index (χ3n) is 5.40. The Balaban J connectivity index is 3.09. The summed E-state index contributed by atoms with van der Waals surface area (Å²) in [5.41, 5.74) is 7.46. The van der Waals surface area contributed by atoms with E-state index in [1.54, 1.807) is 0 Å². The average molecular weight is 367 g/mol. The second-order valence-electron chi connectivity index (χ2n) is 7.34. The van der Waals surface area contributed by atoms with E-state index >= 15 is 0 Å². The quantitative estimate of drug-likeness (QED) is 0.244. The molecule has 2 atom stereocenters. The number of ether oxygens (including phenoxy) is 1. The van der Waals surface area contributed by atoms with Crippen molar-refractivity contribution in [3.63, 3.8) is 0 Å². The SMILES string of the molecule is CCCCCCC1(OC(=O)N=[N+]=[N-])CCCCCCCCCC1C(=O)O. The van der Waals surface area contributed by atoms with Crippen LogP contribution in [0.5, 0.6) is 0 Å². The highest BCUT2D eigenvalue weighted by Gasteiger charge is 2.45. The lowest BCUT2D eigenvalue weighted by molar-refractivity contribution is -0.154. The molecule has 1 saturated carbocycles. The minimum absolute atomic E-state index is 0.493. The van der Waals surface area contributed by atoms with E-state index < -0.39 is 23.6 Å². The fourth-order valence-electron chi connectivity index (χ4n) is 4.00. The van der Waals surface area contributed by atoms with Crippen molar-refractivity contribution in [2.75, 3.05) is 0 Å². The largest absolute Gasteiger partial charge is 0.481 e. The van der Waals surface area contributed by atoms with E-state index in [4.69, 9.17) is 10.3 Å². The maximum atomic E-state index is 12.1. The van der Waals surface area contributed by atoms with E-state index in [1.807, 2.05) is 0 Å². The van der Waals surface area contributed by atoms with Crippen LogP contribution in [-0.4, -0.2) is 22.8 Å². The van der Waals surface area contributed by atoms with Gasteiger partial charge in [-0.05, 0) is 37.6 Å². The summed E-state index contributed by atoms with van der Waals surface area (Å²) in [6.07, 6.45) is 11.5. The van der Waals surface area contributed by atoms with Crippen LogP contribution in [0.3, 0.4) is 0 Å². The zero-order valence-corrected chi connectivity index (χ0v) is 16.0. The van der Waals surface area contributed by atoms with Crippen molar-refractivity contribution in [1.82, 2.24) is 0 Å². The minimum Gasteiger partial charge on any atom is -0.481 e. The number of amides is 1. The topological polar surface area (TPSA) is 112 Å². The fourth-order valence-corrected chi connectivity index (χ4v) is 4.00. The number of hydrogen-bond donors (Lipinski definition) is 1. The van der Waals surface area contributed by atoms with Gasteiger partial charge in [0, 0.05) is 10.0 Å². The van der Waals surface area contributed by atoms with E-state index in [2.05, 4.69) is 16.9 Å². The molecule has 0 aromatic rings. The van der Waals surface area contributed by atoms with Crippen LogP contribution in [0.1, 0.15) is 96.8 Å². The first-order valence-electron chi connectivity index (χ1n) is 10.1. The van der Waals surface area contributed by atoms with Crippen molar-refractivity contribution >= 4 is 12.1 Å². The fraction of sp³-hybridized carbons (Fsp3) is 0.895. The van der Waals surface area contributed by atoms with Crippen molar-refractivity contribution in [3.05, 3.63) is 10.4 Å². The van der Waals surface area contributed by atoms with Gasteiger partial charge in [-0.1, -0.05) is 64.7 Å². The molecule has 7 heteroatoms. The number of carbonyl (C=O) groups is 2. The van der Waals surface area contributed by atoms with Crippen LogP contribution in [0.25, 0.3) is 10.4 Å². The zero-order chi connectivity index (χ0) is 19.3. The van der Waals surface area contributed by atoms with E-state index in [0.717, 1.165) is 64.2 Å². The molecule has 0 aromatic heterocycles. The van der Waals surface area contributed by atoms with Crippen molar-refractivity contribution in [1.29, 1.82) is 0 Å². The van der Waals surface area contributed by atoms with Crippen molar-refractivity contribution in [2.24, 2.45) is 11.0 Å². The number of unbranched alkanes of at least 4 members (excludes halogenated alkanes) is 3. The highest BCUT2D eigenvalue weighted by Crippen LogP contribution is 2.38. The predicted octanol–water partition coefficient (Wildman–Crippen LogP) is 6.37. The summed E-state index contributed by atoms with van der Waals surface area (Å²) >= 11 is 0. The number of carboxylic acid groups (broad SMARTS) is 1. The molecular formula is C19H33N3O4. The number of carboxylic acids is 1. The summed E-state index contributed by atoms with van der Waals surface area (Å²) in [6, 6.07) is 0. The maximum absolute atomic E-state index is 12.1. The van der Waals surface area contributed by atoms with Crippen LogP contribution in [0, 0.1) is 5.92 Å². The number of nitrogens with zero attached hydrogens (tertiary/aromatic N) is 3. The molecule has 7 nitrogen and oxygen atoms in total. The molecule has 0 radical (unpaired) electrons. The van der Waals surface area contributed by atoms with Crippen LogP contribution in [-0.2, 0) is 9.53 Å². The second kappa shape index (κ2) is 12.6. The molecule has 0 aliphatic heterocycles. The molecule has 1 aliphatic carbocycles. The molecular weight excluding hydrogens is 334 g/mol. The first kappa shape index (κ1) is 22.3. The van der Waals surface area contributed by atoms with Crippen molar-refractivity contribution in [2.45, 2.75) is 102 Å². The number of rotatable bonds is 7. The minimum atomic E-state index is -1.07. The molecule has 1 rings (SSSR count). The highest BCUT2D eigenvalue weighted by atomic mass is 16.6. The molecule has 1 aliphatic rings. The Morgan fingerprint density at radius 3 is 2.38 bits per heavy atom. The Morgan fingerprint density at radius 1 is 1.12 bits per heavy atom. The van der Waals surface area contributed by atoms with Gasteiger partial charge in [0.1, 0.15) is 5.60 Å². The highest BCUT2D eigenvalue weighted by molar-refractivity contribution is 5.74. The van der Waals surface area contributed by atoms with E-state index in [0.29, 0.717) is 19.3 Å². The number of carbonyl (C=O) groups excluding carboxylic acids is 1. The molecule has 1 N–H and O–H groups in total. The van der Waals surface area contributed by atoms with E-state index in [-0.39, 0.29) is 0 Å². The lowest BCUT2D eigenvalue weighted by atomic mass is 9.76. The van der Waals surface area contributed by atoms with Gasteiger partial charge in [0.15, 0.2) is 0 Å². The Morgan fingerprint density at radius 2 is 1.77 bits per heavy atom. The molecule has 0 aromatic carbocycles. The van der Waals surface area contributed by atoms with E-state index in [1.165, 1.54) is 6.42 Å². The van der Waals surface area contributed by atoms with Crippen LogP contribution >= 0.6 is 0 Å². The van der Waals surface area contributed by atoms with Gasteiger partial charge in [0.05, 0.1) is 5.92 Å². The van der Waals surface area contributed by atoms with Gasteiger partial charge in [-0.15, -0.1) is 0 Å². The monoisotopic (exact) mass is 367 g/mol. The molecule has 2 unspecified atom stereocenters. The summed E-state index contributed by atoms with van der Waals surface area (Å²) < 4.78 is 5.61. The van der Waals surface area contributed by atoms with Gasteiger partial charge in [-0.3, -0.25) is 4.79 Å². The van der Waals surface area contributed by atoms with Gasteiger partial charge in [0.2, 0.25) is 0 Å². The summed E-state index contributed by atoms with van der Waals surface area (Å²) in [7, 11) is 0. The van der Waals surface area contributed by atoms with Crippen molar-refractivity contribution < 1.29 is 19.4 Å². The smallest absolute Gasteiger partial charge is 0.397 e.